The fraction of sp³-hybridized carbons (Fsp3) is 0.538. The topological polar surface area (TPSA) is 93.9 Å². The van der Waals surface area contributed by atoms with Crippen molar-refractivity contribution in [1.82, 2.24) is 5.32 Å². The van der Waals surface area contributed by atoms with Crippen LogP contribution in [0, 0.1) is 10.1 Å². The molecule has 1 unspecified atom stereocenters. The summed E-state index contributed by atoms with van der Waals surface area (Å²) < 4.78 is 10.0. The highest BCUT2D eigenvalue weighted by molar-refractivity contribution is 5.48. The lowest BCUT2D eigenvalue weighted by Gasteiger charge is -2.12. The average molecular weight is 284 g/mol. The number of aliphatic hydroxyl groups excluding tert-OH is 1. The van der Waals surface area contributed by atoms with E-state index in [1.807, 2.05) is 6.92 Å². The molecule has 7 nitrogen and oxygen atoms in total. The van der Waals surface area contributed by atoms with Gasteiger partial charge in [0.2, 0.25) is 0 Å². The first-order valence-corrected chi connectivity index (χ1v) is 6.36. The van der Waals surface area contributed by atoms with Gasteiger partial charge in [0.05, 0.1) is 11.5 Å². The van der Waals surface area contributed by atoms with Crippen LogP contribution in [0.3, 0.4) is 0 Å². The number of nitrogens with one attached hydrogen (secondary N) is 1. The van der Waals surface area contributed by atoms with Gasteiger partial charge in [0.25, 0.3) is 0 Å². The highest BCUT2D eigenvalue weighted by Gasteiger charge is 2.17. The van der Waals surface area contributed by atoms with Gasteiger partial charge in [-0.05, 0) is 18.2 Å². The van der Waals surface area contributed by atoms with E-state index in [0.717, 1.165) is 12.1 Å². The third kappa shape index (κ3) is 5.12. The minimum Gasteiger partial charge on any atom is -0.484 e. The maximum Gasteiger partial charge on any atom is 0.311 e. The number of nitro groups is 1. The average Bonchev–Trinajstić information content (AvgIpc) is 2.43. The van der Waals surface area contributed by atoms with Crippen LogP contribution in [0.15, 0.2) is 18.2 Å². The zero-order valence-corrected chi connectivity index (χ0v) is 11.7. The number of methoxy groups -OCH3 is 1. The van der Waals surface area contributed by atoms with Crippen LogP contribution in [-0.2, 0) is 11.3 Å². The second-order valence-corrected chi connectivity index (χ2v) is 4.26. The van der Waals surface area contributed by atoms with Gasteiger partial charge < -0.3 is 19.9 Å². The molecule has 0 aromatic heterocycles. The summed E-state index contributed by atoms with van der Waals surface area (Å²) in [6, 6.07) is 4.78. The molecular weight excluding hydrogens is 264 g/mol. The number of ether oxygens (including phenoxy) is 2. The monoisotopic (exact) mass is 284 g/mol. The second kappa shape index (κ2) is 8.47. The van der Waals surface area contributed by atoms with E-state index in [1.165, 1.54) is 13.2 Å². The quantitative estimate of drug-likeness (QED) is 0.521. The van der Waals surface area contributed by atoms with Crippen LogP contribution in [-0.4, -0.2) is 43.0 Å². The van der Waals surface area contributed by atoms with Gasteiger partial charge in [0, 0.05) is 19.7 Å². The van der Waals surface area contributed by atoms with E-state index in [-0.39, 0.29) is 24.7 Å². The van der Waals surface area contributed by atoms with Gasteiger partial charge in [-0.2, -0.15) is 0 Å². The largest absolute Gasteiger partial charge is 0.484 e. The summed E-state index contributed by atoms with van der Waals surface area (Å²) in [4.78, 5) is 10.5. The summed E-state index contributed by atoms with van der Waals surface area (Å²) in [7, 11) is 1.46. The lowest BCUT2D eigenvalue weighted by atomic mass is 10.2. The SMILES string of the molecule is CCNCc1ccc(OCC(O)COC)c([N+](=O)[O-])c1. The number of hydrogen-bond donors (Lipinski definition) is 2. The van der Waals surface area contributed by atoms with E-state index in [1.54, 1.807) is 12.1 Å². The number of nitro benzene ring substituents is 1. The molecule has 1 aromatic rings. The van der Waals surface area contributed by atoms with Crippen LogP contribution in [0.25, 0.3) is 0 Å². The molecule has 0 bridgehead atoms. The molecule has 0 aliphatic carbocycles. The fourth-order valence-electron chi connectivity index (χ4n) is 1.63. The summed E-state index contributed by atoms with van der Waals surface area (Å²) in [6.07, 6.45) is -0.818. The molecule has 20 heavy (non-hydrogen) atoms. The van der Waals surface area contributed by atoms with E-state index in [4.69, 9.17) is 9.47 Å². The van der Waals surface area contributed by atoms with Crippen molar-refractivity contribution in [2.45, 2.75) is 19.6 Å². The number of rotatable bonds is 9. The van der Waals surface area contributed by atoms with Gasteiger partial charge in [-0.3, -0.25) is 10.1 Å². The summed E-state index contributed by atoms with van der Waals surface area (Å²) in [5.74, 6) is 0.144. The first-order chi connectivity index (χ1) is 9.58. The molecule has 0 radical (unpaired) electrons. The highest BCUT2D eigenvalue weighted by atomic mass is 16.6. The van der Waals surface area contributed by atoms with E-state index in [9.17, 15) is 15.2 Å². The van der Waals surface area contributed by atoms with Crippen LogP contribution in [0.4, 0.5) is 5.69 Å². The van der Waals surface area contributed by atoms with Crippen molar-refractivity contribution in [3.05, 3.63) is 33.9 Å². The highest BCUT2D eigenvalue weighted by Crippen LogP contribution is 2.28. The first kappa shape index (κ1) is 16.4. The molecule has 0 saturated heterocycles. The molecule has 0 aliphatic heterocycles. The van der Waals surface area contributed by atoms with E-state index < -0.39 is 11.0 Å². The smallest absolute Gasteiger partial charge is 0.311 e. The second-order valence-electron chi connectivity index (χ2n) is 4.26. The summed E-state index contributed by atoms with van der Waals surface area (Å²) in [6.45, 7) is 3.37. The molecule has 0 spiro atoms. The number of aliphatic hydroxyl groups is 1. The third-order valence-corrected chi connectivity index (χ3v) is 2.59. The summed E-state index contributed by atoms with van der Waals surface area (Å²) in [5.41, 5.74) is 0.702. The zero-order valence-electron chi connectivity index (χ0n) is 11.7. The van der Waals surface area contributed by atoms with Crippen LogP contribution in [0.1, 0.15) is 12.5 Å². The summed E-state index contributed by atoms with van der Waals surface area (Å²) >= 11 is 0. The summed E-state index contributed by atoms with van der Waals surface area (Å²) in [5, 5.41) is 23.6. The van der Waals surface area contributed by atoms with Gasteiger partial charge in [-0.25, -0.2) is 0 Å². The van der Waals surface area contributed by atoms with Crippen molar-refractivity contribution >= 4 is 5.69 Å². The molecule has 0 heterocycles. The van der Waals surface area contributed by atoms with Gasteiger partial charge in [0.15, 0.2) is 5.75 Å². The molecular formula is C13H20N2O5. The van der Waals surface area contributed by atoms with Gasteiger partial charge in [0.1, 0.15) is 12.7 Å². The normalized spacial score (nSPS) is 12.2. The fourth-order valence-corrected chi connectivity index (χ4v) is 1.63. The Morgan fingerprint density at radius 1 is 1.45 bits per heavy atom. The Hall–Kier alpha value is -1.70. The predicted molar refractivity (Wildman–Crippen MR) is 73.9 cm³/mol. The lowest BCUT2D eigenvalue weighted by Crippen LogP contribution is -2.22. The standard InChI is InChI=1S/C13H20N2O5/c1-3-14-7-10-4-5-13(12(6-10)15(17)18)20-9-11(16)8-19-2/h4-6,11,14,16H,3,7-9H2,1-2H3. The maximum atomic E-state index is 11.0. The number of nitrogens with zero attached hydrogens (tertiary/aromatic N) is 1. The Balaban J connectivity index is 2.76. The van der Waals surface area contributed by atoms with Gasteiger partial charge >= 0.3 is 5.69 Å². The van der Waals surface area contributed by atoms with Crippen molar-refractivity contribution in [3.8, 4) is 5.75 Å². The van der Waals surface area contributed by atoms with Crippen molar-refractivity contribution in [2.24, 2.45) is 0 Å². The van der Waals surface area contributed by atoms with Crippen molar-refractivity contribution in [1.29, 1.82) is 0 Å². The number of hydrogen-bond acceptors (Lipinski definition) is 6. The Kier molecular flexibility index (Phi) is 6.92. The molecule has 112 valence electrons. The Morgan fingerprint density at radius 2 is 2.20 bits per heavy atom. The minimum atomic E-state index is -0.818. The molecule has 0 aliphatic rings. The molecule has 0 amide bonds. The van der Waals surface area contributed by atoms with Crippen molar-refractivity contribution in [3.63, 3.8) is 0 Å². The Labute approximate surface area is 117 Å². The molecule has 2 N–H and O–H groups in total. The molecule has 1 atom stereocenters. The van der Waals surface area contributed by atoms with E-state index in [0.29, 0.717) is 6.54 Å². The van der Waals surface area contributed by atoms with E-state index in [2.05, 4.69) is 5.32 Å². The molecule has 1 aromatic carbocycles. The van der Waals surface area contributed by atoms with Gasteiger partial charge in [-0.15, -0.1) is 0 Å². The van der Waals surface area contributed by atoms with Crippen LogP contribution in [0.2, 0.25) is 0 Å². The zero-order chi connectivity index (χ0) is 15.0. The molecule has 0 saturated carbocycles. The van der Waals surface area contributed by atoms with Crippen LogP contribution in [0.5, 0.6) is 5.75 Å². The van der Waals surface area contributed by atoms with Gasteiger partial charge in [-0.1, -0.05) is 13.0 Å². The Morgan fingerprint density at radius 3 is 2.80 bits per heavy atom. The molecule has 1 rings (SSSR count). The van der Waals surface area contributed by atoms with Crippen molar-refractivity contribution in [2.75, 3.05) is 26.9 Å². The third-order valence-electron chi connectivity index (χ3n) is 2.59. The molecule has 0 fully saturated rings. The predicted octanol–water partition coefficient (Wildman–Crippen LogP) is 1.09. The number of benzene rings is 1. The molecule has 7 heteroatoms. The minimum absolute atomic E-state index is 0.0543. The maximum absolute atomic E-state index is 11.0. The first-order valence-electron chi connectivity index (χ1n) is 6.36. The van der Waals surface area contributed by atoms with E-state index >= 15 is 0 Å². The Bertz CT molecular complexity index is 439. The van der Waals surface area contributed by atoms with Crippen molar-refractivity contribution < 1.29 is 19.5 Å². The van der Waals surface area contributed by atoms with Crippen LogP contribution < -0.4 is 10.1 Å². The van der Waals surface area contributed by atoms with Crippen LogP contribution >= 0.6 is 0 Å². The lowest BCUT2D eigenvalue weighted by molar-refractivity contribution is -0.386.